The molecule has 0 bridgehead atoms. The first kappa shape index (κ1) is 14.5. The van der Waals surface area contributed by atoms with Crippen molar-refractivity contribution in [1.82, 2.24) is 4.90 Å². The fourth-order valence-corrected chi connectivity index (χ4v) is 2.07. The van der Waals surface area contributed by atoms with Gasteiger partial charge in [-0.2, -0.15) is 0 Å². The molecule has 1 aromatic carbocycles. The number of fused-ring (bicyclic) bond motifs is 1. The van der Waals surface area contributed by atoms with E-state index in [1.165, 1.54) is 29.2 Å². The van der Waals surface area contributed by atoms with Crippen molar-refractivity contribution in [2.75, 3.05) is 13.1 Å². The Hall–Kier alpha value is -1.88. The normalized spacial score (nSPS) is 11.8. The number of amides is 1. The van der Waals surface area contributed by atoms with Gasteiger partial charge in [0.1, 0.15) is 11.4 Å². The molecule has 1 heterocycles. The van der Waals surface area contributed by atoms with Crippen LogP contribution >= 0.6 is 0 Å². The van der Waals surface area contributed by atoms with E-state index in [1.54, 1.807) is 13.8 Å². The van der Waals surface area contributed by atoms with E-state index >= 15 is 0 Å². The number of carbonyl (C=O) groups excluding carboxylic acids is 1. The summed E-state index contributed by atoms with van der Waals surface area (Å²) in [5.41, 5.74) is -0.516. The summed E-state index contributed by atoms with van der Waals surface area (Å²) in [5, 5.41) is 10.4. The average Bonchev–Trinajstić information content (AvgIpc) is 2.76. The lowest BCUT2D eigenvalue weighted by molar-refractivity contribution is 0.0299. The number of nitrogens with zero attached hydrogens (tertiary/aromatic N) is 1. The molecule has 1 N–H and O–H groups in total. The molecule has 0 saturated heterocycles. The first-order valence-electron chi connectivity index (χ1n) is 6.51. The van der Waals surface area contributed by atoms with Crippen molar-refractivity contribution in [1.29, 1.82) is 0 Å². The number of rotatable bonds is 4. The van der Waals surface area contributed by atoms with E-state index in [0.717, 1.165) is 0 Å². The van der Waals surface area contributed by atoms with Crippen LogP contribution in [0.25, 0.3) is 11.0 Å². The summed E-state index contributed by atoms with van der Waals surface area (Å²) in [6, 6.07) is 5.62. The van der Waals surface area contributed by atoms with Crippen molar-refractivity contribution in [2.24, 2.45) is 0 Å². The molecule has 2 rings (SSSR count). The van der Waals surface area contributed by atoms with Gasteiger partial charge in [0.25, 0.3) is 5.91 Å². The Morgan fingerprint density at radius 2 is 2.10 bits per heavy atom. The number of carbonyl (C=O) groups is 1. The van der Waals surface area contributed by atoms with Crippen LogP contribution in [0.1, 0.15) is 31.3 Å². The molecule has 5 heteroatoms. The number of hydrogen-bond acceptors (Lipinski definition) is 3. The number of benzene rings is 1. The minimum Gasteiger partial charge on any atom is -0.451 e. The Kier molecular flexibility index (Phi) is 3.81. The maximum absolute atomic E-state index is 13.1. The summed E-state index contributed by atoms with van der Waals surface area (Å²) in [6.45, 7) is 5.75. The van der Waals surface area contributed by atoms with Gasteiger partial charge in [-0.1, -0.05) is 0 Å². The van der Waals surface area contributed by atoms with E-state index < -0.39 is 5.60 Å². The highest BCUT2D eigenvalue weighted by atomic mass is 19.1. The highest BCUT2D eigenvalue weighted by molar-refractivity contribution is 5.96. The lowest BCUT2D eigenvalue weighted by Crippen LogP contribution is -2.42. The number of furan rings is 1. The maximum Gasteiger partial charge on any atom is 0.289 e. The zero-order chi connectivity index (χ0) is 14.9. The van der Waals surface area contributed by atoms with Crippen molar-refractivity contribution in [3.05, 3.63) is 35.8 Å². The Morgan fingerprint density at radius 1 is 1.40 bits per heavy atom. The second-order valence-corrected chi connectivity index (χ2v) is 5.42. The fourth-order valence-electron chi connectivity index (χ4n) is 2.07. The van der Waals surface area contributed by atoms with Crippen LogP contribution in [0.4, 0.5) is 4.39 Å². The van der Waals surface area contributed by atoms with Crippen LogP contribution < -0.4 is 0 Å². The third kappa shape index (κ3) is 3.17. The van der Waals surface area contributed by atoms with Crippen molar-refractivity contribution >= 4 is 16.9 Å². The van der Waals surface area contributed by atoms with E-state index in [4.69, 9.17) is 4.42 Å². The molecule has 0 saturated carbocycles. The summed E-state index contributed by atoms with van der Waals surface area (Å²) >= 11 is 0. The van der Waals surface area contributed by atoms with Gasteiger partial charge < -0.3 is 14.4 Å². The smallest absolute Gasteiger partial charge is 0.289 e. The van der Waals surface area contributed by atoms with Gasteiger partial charge in [-0.3, -0.25) is 4.79 Å². The van der Waals surface area contributed by atoms with E-state index in [9.17, 15) is 14.3 Å². The third-order valence-corrected chi connectivity index (χ3v) is 2.94. The Bertz CT molecular complexity index is 628. The van der Waals surface area contributed by atoms with E-state index in [1.807, 2.05) is 6.92 Å². The zero-order valence-electron chi connectivity index (χ0n) is 11.8. The summed E-state index contributed by atoms with van der Waals surface area (Å²) < 4.78 is 18.6. The Balaban J connectivity index is 2.29. The van der Waals surface area contributed by atoms with E-state index in [2.05, 4.69) is 0 Å². The number of halogens is 1. The van der Waals surface area contributed by atoms with Gasteiger partial charge in [-0.05, 0) is 45.0 Å². The van der Waals surface area contributed by atoms with Crippen molar-refractivity contribution in [2.45, 2.75) is 26.4 Å². The van der Waals surface area contributed by atoms with Gasteiger partial charge in [-0.25, -0.2) is 4.39 Å². The number of likely N-dealkylation sites (N-methyl/N-ethyl adjacent to an activating group) is 1. The van der Waals surface area contributed by atoms with Crippen molar-refractivity contribution in [3.8, 4) is 0 Å². The van der Waals surface area contributed by atoms with Crippen molar-refractivity contribution in [3.63, 3.8) is 0 Å². The second kappa shape index (κ2) is 5.25. The molecule has 0 atom stereocenters. The minimum atomic E-state index is -0.982. The predicted molar refractivity (Wildman–Crippen MR) is 74.0 cm³/mol. The SMILES string of the molecule is CCN(CC(C)(C)O)C(=O)c1cc2cc(F)ccc2o1. The summed E-state index contributed by atoms with van der Waals surface area (Å²) in [4.78, 5) is 13.8. The van der Waals surface area contributed by atoms with Crippen LogP contribution in [0.15, 0.2) is 28.7 Å². The molecular formula is C15H18FNO3. The molecule has 20 heavy (non-hydrogen) atoms. The first-order valence-corrected chi connectivity index (χ1v) is 6.51. The molecule has 0 aliphatic carbocycles. The quantitative estimate of drug-likeness (QED) is 0.936. The van der Waals surface area contributed by atoms with Crippen LogP contribution in [0.3, 0.4) is 0 Å². The average molecular weight is 279 g/mol. The molecule has 0 spiro atoms. The van der Waals surface area contributed by atoms with Gasteiger partial charge in [-0.15, -0.1) is 0 Å². The van der Waals surface area contributed by atoms with Gasteiger partial charge in [0, 0.05) is 18.5 Å². The van der Waals surface area contributed by atoms with Crippen molar-refractivity contribution < 1.29 is 18.7 Å². The highest BCUT2D eigenvalue weighted by Crippen LogP contribution is 2.22. The largest absolute Gasteiger partial charge is 0.451 e. The Morgan fingerprint density at radius 3 is 2.70 bits per heavy atom. The van der Waals surface area contributed by atoms with Gasteiger partial charge in [0.15, 0.2) is 5.76 Å². The van der Waals surface area contributed by atoms with Crippen LogP contribution in [-0.2, 0) is 0 Å². The van der Waals surface area contributed by atoms with Crippen LogP contribution in [0.5, 0.6) is 0 Å². The minimum absolute atomic E-state index is 0.150. The van der Waals surface area contributed by atoms with Gasteiger partial charge in [0.2, 0.25) is 0 Å². The molecule has 1 amide bonds. The molecule has 2 aromatic rings. The van der Waals surface area contributed by atoms with Gasteiger partial charge >= 0.3 is 0 Å². The maximum atomic E-state index is 13.1. The molecule has 0 aliphatic rings. The second-order valence-electron chi connectivity index (χ2n) is 5.42. The number of aliphatic hydroxyl groups is 1. The molecule has 0 unspecified atom stereocenters. The third-order valence-electron chi connectivity index (χ3n) is 2.94. The van der Waals surface area contributed by atoms with Crippen LogP contribution in [0, 0.1) is 5.82 Å². The highest BCUT2D eigenvalue weighted by Gasteiger charge is 2.24. The molecule has 0 radical (unpaired) electrons. The standard InChI is InChI=1S/C15H18FNO3/c1-4-17(9-15(2,3)19)14(18)13-8-10-7-11(16)5-6-12(10)20-13/h5-8,19H,4,9H2,1-3H3. The number of hydrogen-bond donors (Lipinski definition) is 1. The fraction of sp³-hybridized carbons (Fsp3) is 0.400. The topological polar surface area (TPSA) is 53.7 Å². The summed E-state index contributed by atoms with van der Waals surface area (Å²) in [6.07, 6.45) is 0. The Labute approximate surface area is 116 Å². The van der Waals surface area contributed by atoms with Gasteiger partial charge in [0.05, 0.1) is 5.60 Å². The van der Waals surface area contributed by atoms with E-state index in [-0.39, 0.29) is 24.0 Å². The molecule has 1 aromatic heterocycles. The van der Waals surface area contributed by atoms with Crippen LogP contribution in [-0.4, -0.2) is 34.6 Å². The van der Waals surface area contributed by atoms with Crippen LogP contribution in [0.2, 0.25) is 0 Å². The zero-order valence-corrected chi connectivity index (χ0v) is 11.8. The predicted octanol–water partition coefficient (Wildman–Crippen LogP) is 2.80. The molecule has 0 fully saturated rings. The monoisotopic (exact) mass is 279 g/mol. The molecule has 4 nitrogen and oxygen atoms in total. The summed E-state index contributed by atoms with van der Waals surface area (Å²) in [7, 11) is 0. The summed E-state index contributed by atoms with van der Waals surface area (Å²) in [5.74, 6) is -0.538. The molecule has 108 valence electrons. The molecule has 0 aliphatic heterocycles. The van der Waals surface area contributed by atoms with E-state index in [0.29, 0.717) is 17.5 Å². The lowest BCUT2D eigenvalue weighted by atomic mass is 10.1. The molecular weight excluding hydrogens is 261 g/mol. The lowest BCUT2D eigenvalue weighted by Gasteiger charge is -2.27. The first-order chi connectivity index (χ1) is 9.30.